The van der Waals surface area contributed by atoms with E-state index in [9.17, 15) is 0 Å². The Kier molecular flexibility index (Phi) is 4.36. The molecule has 1 aliphatic rings. The lowest BCUT2D eigenvalue weighted by molar-refractivity contribution is 0.246. The Labute approximate surface area is 100 Å². The first-order valence-electron chi connectivity index (χ1n) is 5.65. The maximum atomic E-state index is 5.71. The normalized spacial score (nSPS) is 20.7. The van der Waals surface area contributed by atoms with Crippen molar-refractivity contribution in [2.45, 2.75) is 19.3 Å². The van der Waals surface area contributed by atoms with Crippen LogP contribution in [-0.4, -0.2) is 29.7 Å². The average molecular weight is 242 g/mol. The van der Waals surface area contributed by atoms with E-state index >= 15 is 0 Å². The Morgan fingerprint density at radius 1 is 1.50 bits per heavy atom. The summed E-state index contributed by atoms with van der Waals surface area (Å²) in [4.78, 5) is 7.94. The first-order valence-corrected chi connectivity index (χ1v) is 6.03. The molecular formula is C11H16ClN3O. The van der Waals surface area contributed by atoms with Gasteiger partial charge in [-0.3, -0.25) is 4.98 Å². The third kappa shape index (κ3) is 3.61. The SMILES string of the molecule is Clc1cncc(OCCC2CCCNC2)n1. The van der Waals surface area contributed by atoms with Crippen LogP contribution in [0.25, 0.3) is 0 Å². The van der Waals surface area contributed by atoms with Crippen molar-refractivity contribution in [1.82, 2.24) is 15.3 Å². The lowest BCUT2D eigenvalue weighted by Gasteiger charge is -2.22. The number of piperidine rings is 1. The highest BCUT2D eigenvalue weighted by Gasteiger charge is 2.12. The Balaban J connectivity index is 1.71. The van der Waals surface area contributed by atoms with Gasteiger partial charge >= 0.3 is 0 Å². The molecule has 0 saturated carbocycles. The molecule has 2 heterocycles. The number of halogens is 1. The summed E-state index contributed by atoms with van der Waals surface area (Å²) in [5, 5.41) is 3.76. The second kappa shape index (κ2) is 6.01. The smallest absolute Gasteiger partial charge is 0.233 e. The third-order valence-electron chi connectivity index (χ3n) is 2.76. The quantitative estimate of drug-likeness (QED) is 0.875. The van der Waals surface area contributed by atoms with Gasteiger partial charge in [0.25, 0.3) is 0 Å². The Morgan fingerprint density at radius 3 is 3.19 bits per heavy atom. The number of nitrogens with one attached hydrogen (secondary N) is 1. The van der Waals surface area contributed by atoms with Crippen LogP contribution in [0, 0.1) is 5.92 Å². The summed E-state index contributed by atoms with van der Waals surface area (Å²) in [6.07, 6.45) is 6.70. The molecule has 1 N–H and O–H groups in total. The van der Waals surface area contributed by atoms with Crippen LogP contribution in [0.5, 0.6) is 5.88 Å². The van der Waals surface area contributed by atoms with Crippen LogP contribution in [0.2, 0.25) is 5.15 Å². The summed E-state index contributed by atoms with van der Waals surface area (Å²) in [5.74, 6) is 1.23. The Morgan fingerprint density at radius 2 is 2.44 bits per heavy atom. The molecule has 0 amide bonds. The summed E-state index contributed by atoms with van der Waals surface area (Å²) in [6, 6.07) is 0. The molecule has 88 valence electrons. The molecular weight excluding hydrogens is 226 g/mol. The van der Waals surface area contributed by atoms with Crippen LogP contribution in [0.15, 0.2) is 12.4 Å². The first kappa shape index (κ1) is 11.6. The summed E-state index contributed by atoms with van der Waals surface area (Å²) >= 11 is 5.71. The van der Waals surface area contributed by atoms with Crippen LogP contribution in [0.3, 0.4) is 0 Å². The van der Waals surface area contributed by atoms with Crippen molar-refractivity contribution >= 4 is 11.6 Å². The van der Waals surface area contributed by atoms with E-state index in [4.69, 9.17) is 16.3 Å². The van der Waals surface area contributed by atoms with Crippen molar-refractivity contribution in [3.63, 3.8) is 0 Å². The minimum atomic E-state index is 0.372. The van der Waals surface area contributed by atoms with E-state index in [1.807, 2.05) is 0 Å². The van der Waals surface area contributed by atoms with Gasteiger partial charge in [-0.25, -0.2) is 0 Å². The van der Waals surface area contributed by atoms with E-state index in [0.717, 1.165) is 25.4 Å². The van der Waals surface area contributed by atoms with Gasteiger partial charge in [-0.1, -0.05) is 11.6 Å². The highest BCUT2D eigenvalue weighted by atomic mass is 35.5. The number of nitrogens with zero attached hydrogens (tertiary/aromatic N) is 2. The molecule has 4 nitrogen and oxygen atoms in total. The van der Waals surface area contributed by atoms with E-state index in [1.54, 1.807) is 6.20 Å². The van der Waals surface area contributed by atoms with E-state index in [2.05, 4.69) is 15.3 Å². The number of ether oxygens (including phenoxy) is 1. The standard InChI is InChI=1S/C11H16ClN3O/c12-10-7-14-8-11(15-10)16-5-3-9-2-1-4-13-6-9/h7-9,13H,1-6H2. The summed E-state index contributed by atoms with van der Waals surface area (Å²) in [7, 11) is 0. The van der Waals surface area contributed by atoms with Gasteiger partial charge in [0.15, 0.2) is 5.15 Å². The van der Waals surface area contributed by atoms with Crippen molar-refractivity contribution in [1.29, 1.82) is 0 Å². The summed E-state index contributed by atoms with van der Waals surface area (Å²) in [6.45, 7) is 2.93. The third-order valence-corrected chi connectivity index (χ3v) is 2.94. The van der Waals surface area contributed by atoms with Crippen molar-refractivity contribution in [2.24, 2.45) is 5.92 Å². The number of hydrogen-bond acceptors (Lipinski definition) is 4. The molecule has 2 rings (SSSR count). The lowest BCUT2D eigenvalue weighted by atomic mass is 9.97. The van der Waals surface area contributed by atoms with Gasteiger partial charge in [-0.05, 0) is 38.3 Å². The molecule has 1 aromatic heterocycles. The second-order valence-corrected chi connectivity index (χ2v) is 4.42. The van der Waals surface area contributed by atoms with E-state index < -0.39 is 0 Å². The predicted molar refractivity (Wildman–Crippen MR) is 62.7 cm³/mol. The number of hydrogen-bond donors (Lipinski definition) is 1. The Bertz CT molecular complexity index is 329. The van der Waals surface area contributed by atoms with Crippen molar-refractivity contribution in [3.8, 4) is 5.88 Å². The zero-order valence-corrected chi connectivity index (χ0v) is 9.91. The minimum Gasteiger partial charge on any atom is -0.477 e. The highest BCUT2D eigenvalue weighted by Crippen LogP contribution is 2.15. The molecule has 5 heteroatoms. The molecule has 0 radical (unpaired) electrons. The monoisotopic (exact) mass is 241 g/mol. The van der Waals surface area contributed by atoms with Crippen LogP contribution in [0.4, 0.5) is 0 Å². The van der Waals surface area contributed by atoms with Gasteiger partial charge in [-0.15, -0.1) is 0 Å². The first-order chi connectivity index (χ1) is 7.84. The molecule has 1 saturated heterocycles. The van der Waals surface area contributed by atoms with Crippen LogP contribution in [0.1, 0.15) is 19.3 Å². The molecule has 1 atom stereocenters. The molecule has 0 bridgehead atoms. The zero-order valence-electron chi connectivity index (χ0n) is 9.16. The molecule has 16 heavy (non-hydrogen) atoms. The lowest BCUT2D eigenvalue weighted by Crippen LogP contribution is -2.30. The molecule has 1 aromatic rings. The van der Waals surface area contributed by atoms with Crippen LogP contribution < -0.4 is 10.1 Å². The van der Waals surface area contributed by atoms with Gasteiger partial charge < -0.3 is 10.1 Å². The van der Waals surface area contributed by atoms with Gasteiger partial charge in [0, 0.05) is 0 Å². The fraction of sp³-hybridized carbons (Fsp3) is 0.636. The molecule has 1 aliphatic heterocycles. The van der Waals surface area contributed by atoms with Crippen LogP contribution >= 0.6 is 11.6 Å². The van der Waals surface area contributed by atoms with Gasteiger partial charge in [0.2, 0.25) is 5.88 Å². The maximum Gasteiger partial charge on any atom is 0.233 e. The van der Waals surface area contributed by atoms with E-state index in [-0.39, 0.29) is 0 Å². The fourth-order valence-corrected chi connectivity index (χ4v) is 2.04. The second-order valence-electron chi connectivity index (χ2n) is 4.03. The fourth-order valence-electron chi connectivity index (χ4n) is 1.90. The van der Waals surface area contributed by atoms with E-state index in [1.165, 1.54) is 19.0 Å². The largest absolute Gasteiger partial charge is 0.477 e. The van der Waals surface area contributed by atoms with Crippen LogP contribution in [-0.2, 0) is 0 Å². The molecule has 1 unspecified atom stereocenters. The van der Waals surface area contributed by atoms with Crippen molar-refractivity contribution < 1.29 is 4.74 Å². The van der Waals surface area contributed by atoms with Gasteiger partial charge in [-0.2, -0.15) is 4.98 Å². The van der Waals surface area contributed by atoms with Crippen molar-refractivity contribution in [3.05, 3.63) is 17.5 Å². The molecule has 0 aliphatic carbocycles. The average Bonchev–Trinajstić information content (AvgIpc) is 2.30. The summed E-state index contributed by atoms with van der Waals surface area (Å²) < 4.78 is 5.50. The zero-order chi connectivity index (χ0) is 11.2. The predicted octanol–water partition coefficient (Wildman–Crippen LogP) is 1.90. The van der Waals surface area contributed by atoms with Gasteiger partial charge in [0.05, 0.1) is 19.0 Å². The Hall–Kier alpha value is -0.870. The maximum absolute atomic E-state index is 5.71. The number of aromatic nitrogens is 2. The number of rotatable bonds is 4. The highest BCUT2D eigenvalue weighted by molar-refractivity contribution is 6.29. The molecule has 0 spiro atoms. The van der Waals surface area contributed by atoms with Crippen molar-refractivity contribution in [2.75, 3.05) is 19.7 Å². The molecule has 1 fully saturated rings. The molecule has 0 aromatic carbocycles. The minimum absolute atomic E-state index is 0.372. The van der Waals surface area contributed by atoms with E-state index in [0.29, 0.717) is 17.6 Å². The topological polar surface area (TPSA) is 47.0 Å². The summed E-state index contributed by atoms with van der Waals surface area (Å²) in [5.41, 5.74) is 0. The van der Waals surface area contributed by atoms with Gasteiger partial charge in [0.1, 0.15) is 0 Å².